The average molecular weight is 396 g/mol. The van der Waals surface area contributed by atoms with Crippen molar-refractivity contribution >= 4 is 27.3 Å². The summed E-state index contributed by atoms with van der Waals surface area (Å²) in [6.07, 6.45) is 1.12. The minimum absolute atomic E-state index is 0.322. The van der Waals surface area contributed by atoms with E-state index in [2.05, 4.69) is 5.32 Å². The molecule has 0 bridgehead atoms. The zero-order valence-corrected chi connectivity index (χ0v) is 16.3. The van der Waals surface area contributed by atoms with Crippen molar-refractivity contribution in [2.24, 2.45) is 0 Å². The first kappa shape index (κ1) is 19.4. The highest BCUT2D eigenvalue weighted by atomic mass is 32.2. The number of anilines is 2. The summed E-state index contributed by atoms with van der Waals surface area (Å²) in [5.41, 5.74) is 1.42. The molecule has 0 aliphatic carbocycles. The molecule has 0 radical (unpaired) electrons. The van der Waals surface area contributed by atoms with Gasteiger partial charge in [0.25, 0.3) is 5.91 Å². The molecule has 3 aromatic rings. The van der Waals surface area contributed by atoms with Crippen LogP contribution in [0.2, 0.25) is 0 Å². The molecule has 0 aliphatic rings. The van der Waals surface area contributed by atoms with Crippen molar-refractivity contribution in [3.05, 3.63) is 84.4 Å². The molecule has 1 amide bonds. The Bertz CT molecular complexity index is 1070. The minimum Gasteiger partial charge on any atom is -0.455 e. The van der Waals surface area contributed by atoms with E-state index in [1.54, 1.807) is 42.5 Å². The van der Waals surface area contributed by atoms with Crippen LogP contribution in [-0.4, -0.2) is 27.6 Å². The maximum atomic E-state index is 12.6. The summed E-state index contributed by atoms with van der Waals surface area (Å²) in [6.45, 7) is 0. The van der Waals surface area contributed by atoms with Gasteiger partial charge in [0.2, 0.25) is 10.0 Å². The second kappa shape index (κ2) is 8.14. The predicted molar refractivity (Wildman–Crippen MR) is 111 cm³/mol. The average Bonchev–Trinajstić information content (AvgIpc) is 2.69. The van der Waals surface area contributed by atoms with Gasteiger partial charge in [0.15, 0.2) is 5.75 Å². The number of carbonyl (C=O) groups excluding carboxylic acids is 1. The highest BCUT2D eigenvalue weighted by Gasteiger charge is 2.14. The number of hydrogen-bond acceptors (Lipinski definition) is 4. The smallest absolute Gasteiger partial charge is 0.255 e. The van der Waals surface area contributed by atoms with E-state index in [0.717, 1.165) is 10.6 Å². The number of amides is 1. The molecule has 0 unspecified atom stereocenters. The first-order chi connectivity index (χ1) is 13.3. The van der Waals surface area contributed by atoms with Gasteiger partial charge in [0.1, 0.15) is 5.75 Å². The van der Waals surface area contributed by atoms with Crippen LogP contribution in [0.3, 0.4) is 0 Å². The van der Waals surface area contributed by atoms with Crippen LogP contribution in [0, 0.1) is 0 Å². The number of carbonyl (C=O) groups is 1. The normalized spacial score (nSPS) is 10.9. The monoisotopic (exact) mass is 396 g/mol. The van der Waals surface area contributed by atoms with Gasteiger partial charge in [-0.1, -0.05) is 30.3 Å². The molecule has 144 valence electrons. The molecule has 0 atom stereocenters. The maximum Gasteiger partial charge on any atom is 0.255 e. The number of rotatable bonds is 6. The van der Waals surface area contributed by atoms with Crippen LogP contribution in [0.4, 0.5) is 11.4 Å². The van der Waals surface area contributed by atoms with E-state index in [4.69, 9.17) is 4.74 Å². The Morgan fingerprint density at radius 1 is 0.893 bits per heavy atom. The van der Waals surface area contributed by atoms with Crippen LogP contribution in [0.25, 0.3) is 0 Å². The first-order valence-electron chi connectivity index (χ1n) is 8.52. The minimum atomic E-state index is -3.36. The summed E-state index contributed by atoms with van der Waals surface area (Å²) < 4.78 is 30.2. The number of nitrogens with one attached hydrogen (secondary N) is 1. The van der Waals surface area contributed by atoms with Gasteiger partial charge in [-0.15, -0.1) is 0 Å². The maximum absolute atomic E-state index is 12.6. The summed E-state index contributed by atoms with van der Waals surface area (Å²) >= 11 is 0. The van der Waals surface area contributed by atoms with Gasteiger partial charge in [-0.05, 0) is 48.5 Å². The standard InChI is InChI=1S/C21H20N2O4S/c1-23(28(2,25)26)17-14-12-16(13-15-17)21(24)22-19-10-6-7-11-20(19)27-18-8-4-3-5-9-18/h3-15H,1-2H3,(H,22,24). The summed E-state index contributed by atoms with van der Waals surface area (Å²) in [5.74, 6) is 0.866. The molecule has 0 aromatic heterocycles. The van der Waals surface area contributed by atoms with Gasteiger partial charge in [0, 0.05) is 12.6 Å². The van der Waals surface area contributed by atoms with Crippen molar-refractivity contribution in [2.45, 2.75) is 0 Å². The summed E-state index contributed by atoms with van der Waals surface area (Å²) in [4.78, 5) is 12.6. The van der Waals surface area contributed by atoms with E-state index in [1.807, 2.05) is 36.4 Å². The molecular formula is C21H20N2O4S. The third-order valence-electron chi connectivity index (χ3n) is 4.10. The number of hydrogen-bond donors (Lipinski definition) is 1. The summed E-state index contributed by atoms with van der Waals surface area (Å²) in [5, 5.41) is 2.83. The Morgan fingerprint density at radius 3 is 2.14 bits per heavy atom. The first-order valence-corrected chi connectivity index (χ1v) is 10.4. The van der Waals surface area contributed by atoms with Gasteiger partial charge in [-0.2, -0.15) is 0 Å². The summed E-state index contributed by atoms with van der Waals surface area (Å²) in [6, 6.07) is 22.8. The lowest BCUT2D eigenvalue weighted by Crippen LogP contribution is -2.24. The largest absolute Gasteiger partial charge is 0.455 e. The molecule has 0 saturated carbocycles. The lowest BCUT2D eigenvalue weighted by Gasteiger charge is -2.17. The third-order valence-corrected chi connectivity index (χ3v) is 5.30. The number of para-hydroxylation sites is 3. The molecule has 3 aromatic carbocycles. The Kier molecular flexibility index (Phi) is 5.65. The van der Waals surface area contributed by atoms with Crippen molar-refractivity contribution in [3.8, 4) is 11.5 Å². The van der Waals surface area contributed by atoms with Gasteiger partial charge < -0.3 is 10.1 Å². The molecule has 0 fully saturated rings. The van der Waals surface area contributed by atoms with Crippen LogP contribution in [0.15, 0.2) is 78.9 Å². The van der Waals surface area contributed by atoms with E-state index >= 15 is 0 Å². The van der Waals surface area contributed by atoms with Crippen molar-refractivity contribution < 1.29 is 17.9 Å². The molecule has 1 N–H and O–H groups in total. The van der Waals surface area contributed by atoms with E-state index in [-0.39, 0.29) is 5.91 Å². The zero-order valence-electron chi connectivity index (χ0n) is 15.5. The van der Waals surface area contributed by atoms with Crippen LogP contribution in [-0.2, 0) is 10.0 Å². The highest BCUT2D eigenvalue weighted by Crippen LogP contribution is 2.29. The molecular weight excluding hydrogens is 376 g/mol. The Morgan fingerprint density at radius 2 is 1.50 bits per heavy atom. The Hall–Kier alpha value is -3.32. The number of benzene rings is 3. The van der Waals surface area contributed by atoms with E-state index in [1.165, 1.54) is 7.05 Å². The van der Waals surface area contributed by atoms with Crippen molar-refractivity contribution in [3.63, 3.8) is 0 Å². The molecule has 0 heterocycles. The fourth-order valence-electron chi connectivity index (χ4n) is 2.48. The summed E-state index contributed by atoms with van der Waals surface area (Å²) in [7, 11) is -1.90. The molecule has 0 saturated heterocycles. The number of sulfonamides is 1. The van der Waals surface area contributed by atoms with Crippen molar-refractivity contribution in [1.82, 2.24) is 0 Å². The number of ether oxygens (including phenoxy) is 1. The Balaban J connectivity index is 1.77. The molecule has 28 heavy (non-hydrogen) atoms. The molecule has 3 rings (SSSR count). The van der Waals surface area contributed by atoms with E-state index < -0.39 is 10.0 Å². The topological polar surface area (TPSA) is 75.7 Å². The van der Waals surface area contributed by atoms with Crippen molar-refractivity contribution in [2.75, 3.05) is 22.9 Å². The van der Waals surface area contributed by atoms with Crippen LogP contribution >= 0.6 is 0 Å². The van der Waals surface area contributed by atoms with Crippen LogP contribution in [0.5, 0.6) is 11.5 Å². The van der Waals surface area contributed by atoms with Gasteiger partial charge in [-0.25, -0.2) is 8.42 Å². The highest BCUT2D eigenvalue weighted by molar-refractivity contribution is 7.92. The molecule has 0 spiro atoms. The quantitative estimate of drug-likeness (QED) is 0.680. The fourth-order valence-corrected chi connectivity index (χ4v) is 2.99. The lowest BCUT2D eigenvalue weighted by molar-refractivity contribution is 0.102. The second-order valence-electron chi connectivity index (χ2n) is 6.14. The predicted octanol–water partition coefficient (Wildman–Crippen LogP) is 4.13. The lowest BCUT2D eigenvalue weighted by atomic mass is 10.2. The van der Waals surface area contributed by atoms with Gasteiger partial charge >= 0.3 is 0 Å². The SMILES string of the molecule is CN(c1ccc(C(=O)Nc2ccccc2Oc2ccccc2)cc1)S(C)(=O)=O. The van der Waals surface area contributed by atoms with Crippen LogP contribution < -0.4 is 14.4 Å². The van der Waals surface area contributed by atoms with Gasteiger partial charge in [0.05, 0.1) is 17.6 Å². The Labute approximate surface area is 164 Å². The van der Waals surface area contributed by atoms with Gasteiger partial charge in [-0.3, -0.25) is 9.10 Å². The van der Waals surface area contributed by atoms with Crippen LogP contribution in [0.1, 0.15) is 10.4 Å². The molecule has 7 heteroatoms. The van der Waals surface area contributed by atoms with E-state index in [9.17, 15) is 13.2 Å². The molecule has 6 nitrogen and oxygen atoms in total. The zero-order chi connectivity index (χ0) is 20.1. The van der Waals surface area contributed by atoms with Crippen molar-refractivity contribution in [1.29, 1.82) is 0 Å². The molecule has 0 aliphatic heterocycles. The second-order valence-corrected chi connectivity index (χ2v) is 8.16. The third kappa shape index (κ3) is 4.69. The number of nitrogens with zero attached hydrogens (tertiary/aromatic N) is 1. The fraction of sp³-hybridized carbons (Fsp3) is 0.0952. The van der Waals surface area contributed by atoms with E-state index in [0.29, 0.717) is 28.4 Å².